The average Bonchev–Trinajstić information content (AvgIpc) is 2.97. The summed E-state index contributed by atoms with van der Waals surface area (Å²) in [6, 6.07) is 5.82. The van der Waals surface area contributed by atoms with Crippen LogP contribution >= 0.6 is 23.4 Å². The minimum absolute atomic E-state index is 0.191. The van der Waals surface area contributed by atoms with Crippen molar-refractivity contribution in [2.75, 3.05) is 13.7 Å². The van der Waals surface area contributed by atoms with Crippen LogP contribution < -0.4 is 0 Å². The summed E-state index contributed by atoms with van der Waals surface area (Å²) in [4.78, 5) is 10.7. The van der Waals surface area contributed by atoms with E-state index in [9.17, 15) is 5.11 Å². The molecule has 0 radical (unpaired) electrons. The molecule has 2 heterocycles. The van der Waals surface area contributed by atoms with Gasteiger partial charge in [0.25, 0.3) is 0 Å². The fraction of sp³-hybridized carbons (Fsp3) is 0.520. The first-order chi connectivity index (χ1) is 15.2. The number of rotatable bonds is 9. The number of aryl methyl sites for hydroxylation is 1. The Morgan fingerprint density at radius 1 is 1.38 bits per heavy atom. The number of ether oxygens (including phenoxy) is 2. The number of benzene rings is 1. The molecule has 174 valence electrons. The fourth-order valence-corrected chi connectivity index (χ4v) is 4.93. The van der Waals surface area contributed by atoms with Crippen molar-refractivity contribution in [1.82, 2.24) is 0 Å². The highest BCUT2D eigenvalue weighted by molar-refractivity contribution is 7.99. The molecule has 0 aromatic heterocycles. The monoisotopic (exact) mass is 476 g/mol. The first kappa shape index (κ1) is 25.0. The summed E-state index contributed by atoms with van der Waals surface area (Å²) < 4.78 is 11.7. The highest BCUT2D eigenvalue weighted by atomic mass is 35.5. The SMILES string of the molecule is CCC(CCOC)C1=NC(C2=CN=C(C(C)(C)O)CC=C2)C(Sc2ccc(Cl)c(C)c2)O1. The third-order valence-electron chi connectivity index (χ3n) is 5.69. The smallest absolute Gasteiger partial charge is 0.188 e. The zero-order chi connectivity index (χ0) is 23.3. The summed E-state index contributed by atoms with van der Waals surface area (Å²) >= 11 is 7.87. The highest BCUT2D eigenvalue weighted by Gasteiger charge is 2.37. The largest absolute Gasteiger partial charge is 0.464 e. The van der Waals surface area contributed by atoms with E-state index in [0.717, 1.165) is 45.5 Å². The van der Waals surface area contributed by atoms with Crippen molar-refractivity contribution in [2.24, 2.45) is 15.9 Å². The second-order valence-electron chi connectivity index (χ2n) is 8.68. The number of hydrogen-bond acceptors (Lipinski definition) is 6. The number of aliphatic imine (C=N–C) groups is 2. The van der Waals surface area contributed by atoms with Crippen molar-refractivity contribution in [1.29, 1.82) is 0 Å². The molecule has 0 fully saturated rings. The van der Waals surface area contributed by atoms with Gasteiger partial charge in [-0.25, -0.2) is 4.99 Å². The predicted molar refractivity (Wildman–Crippen MR) is 134 cm³/mol. The van der Waals surface area contributed by atoms with Gasteiger partial charge in [0.2, 0.25) is 0 Å². The van der Waals surface area contributed by atoms with Crippen molar-refractivity contribution in [3.8, 4) is 0 Å². The van der Waals surface area contributed by atoms with Crippen LogP contribution in [0.5, 0.6) is 0 Å². The molecule has 1 N–H and O–H groups in total. The first-order valence-corrected chi connectivity index (χ1v) is 12.3. The van der Waals surface area contributed by atoms with Gasteiger partial charge in [-0.05, 0) is 62.9 Å². The molecule has 7 heteroatoms. The van der Waals surface area contributed by atoms with E-state index in [1.807, 2.05) is 31.3 Å². The summed E-state index contributed by atoms with van der Waals surface area (Å²) in [5, 5.41) is 11.1. The van der Waals surface area contributed by atoms with Crippen LogP contribution in [0.1, 0.15) is 45.6 Å². The van der Waals surface area contributed by atoms with Gasteiger partial charge in [-0.3, -0.25) is 4.99 Å². The summed E-state index contributed by atoms with van der Waals surface area (Å²) in [6.07, 6.45) is 8.33. The van der Waals surface area contributed by atoms with Gasteiger partial charge in [0.1, 0.15) is 6.04 Å². The number of methoxy groups -OCH3 is 1. The Balaban J connectivity index is 1.91. The Bertz CT molecular complexity index is 934. The average molecular weight is 477 g/mol. The summed E-state index contributed by atoms with van der Waals surface area (Å²) in [5.74, 6) is 0.990. The second kappa shape index (κ2) is 11.0. The first-order valence-electron chi connectivity index (χ1n) is 11.0. The summed E-state index contributed by atoms with van der Waals surface area (Å²) in [5.41, 5.74) is 1.57. The van der Waals surface area contributed by atoms with Crippen LogP contribution in [0.15, 0.2) is 57.0 Å². The Labute approximate surface area is 200 Å². The number of halogens is 1. The van der Waals surface area contributed by atoms with Crippen molar-refractivity contribution in [3.05, 3.63) is 52.7 Å². The Kier molecular flexibility index (Phi) is 8.62. The quantitative estimate of drug-likeness (QED) is 0.476. The Morgan fingerprint density at radius 2 is 2.16 bits per heavy atom. The fourth-order valence-electron chi connectivity index (χ4n) is 3.66. The standard InChI is InChI=1S/C25H33ClN2O3S/c1-6-17(12-13-30-5)23-28-22(18-8-7-9-21(27-15-18)25(3,4)29)24(31-23)32-19-10-11-20(26)16(2)14-19/h7-8,10-11,14-15,17,22,24,29H,6,9,12-13H2,1-5H3. The molecule has 32 heavy (non-hydrogen) atoms. The minimum Gasteiger partial charge on any atom is -0.464 e. The number of aliphatic hydroxyl groups is 1. The van der Waals surface area contributed by atoms with E-state index in [-0.39, 0.29) is 17.4 Å². The van der Waals surface area contributed by atoms with Crippen LogP contribution in [0.3, 0.4) is 0 Å². The van der Waals surface area contributed by atoms with E-state index in [0.29, 0.717) is 13.0 Å². The molecule has 3 atom stereocenters. The van der Waals surface area contributed by atoms with E-state index in [1.54, 1.807) is 32.7 Å². The lowest BCUT2D eigenvalue weighted by Crippen LogP contribution is -2.30. The van der Waals surface area contributed by atoms with Gasteiger partial charge >= 0.3 is 0 Å². The predicted octanol–water partition coefficient (Wildman–Crippen LogP) is 5.98. The van der Waals surface area contributed by atoms with E-state index in [4.69, 9.17) is 26.1 Å². The molecule has 3 unspecified atom stereocenters. The van der Waals surface area contributed by atoms with Crippen molar-refractivity contribution < 1.29 is 14.6 Å². The Morgan fingerprint density at radius 3 is 2.81 bits per heavy atom. The molecule has 5 nitrogen and oxygen atoms in total. The Hall–Kier alpha value is -1.60. The molecule has 2 aliphatic rings. The molecular formula is C25H33ClN2O3S. The molecule has 0 saturated heterocycles. The molecule has 0 amide bonds. The van der Waals surface area contributed by atoms with Crippen LogP contribution in [0.2, 0.25) is 5.02 Å². The van der Waals surface area contributed by atoms with Gasteiger partial charge < -0.3 is 14.6 Å². The van der Waals surface area contributed by atoms with E-state index < -0.39 is 5.60 Å². The van der Waals surface area contributed by atoms with Gasteiger partial charge in [-0.2, -0.15) is 0 Å². The van der Waals surface area contributed by atoms with Gasteiger partial charge in [-0.15, -0.1) is 0 Å². The van der Waals surface area contributed by atoms with E-state index in [1.165, 1.54) is 0 Å². The molecular weight excluding hydrogens is 444 g/mol. The molecule has 1 aromatic rings. The molecule has 1 aromatic carbocycles. The minimum atomic E-state index is -0.959. The van der Waals surface area contributed by atoms with Crippen molar-refractivity contribution in [2.45, 2.75) is 68.9 Å². The number of hydrogen-bond donors (Lipinski definition) is 1. The topological polar surface area (TPSA) is 63.4 Å². The number of allylic oxidation sites excluding steroid dienone is 1. The highest BCUT2D eigenvalue weighted by Crippen LogP contribution is 2.38. The van der Waals surface area contributed by atoms with Crippen LogP contribution in [-0.2, 0) is 9.47 Å². The van der Waals surface area contributed by atoms with Crippen LogP contribution in [0.4, 0.5) is 0 Å². The second-order valence-corrected chi connectivity index (χ2v) is 10.3. The molecule has 0 bridgehead atoms. The van der Waals surface area contributed by atoms with Crippen LogP contribution in [0.25, 0.3) is 0 Å². The third kappa shape index (κ3) is 6.25. The van der Waals surface area contributed by atoms with Crippen molar-refractivity contribution >= 4 is 35.0 Å². The van der Waals surface area contributed by atoms with Crippen LogP contribution in [0, 0.1) is 12.8 Å². The number of thioether (sulfide) groups is 1. The maximum Gasteiger partial charge on any atom is 0.188 e. The van der Waals surface area contributed by atoms with Crippen molar-refractivity contribution in [3.63, 3.8) is 0 Å². The molecule has 0 saturated carbocycles. The summed E-state index contributed by atoms with van der Waals surface area (Å²) in [6.45, 7) is 8.34. The van der Waals surface area contributed by atoms with E-state index >= 15 is 0 Å². The maximum atomic E-state index is 10.4. The zero-order valence-electron chi connectivity index (χ0n) is 19.5. The lowest BCUT2D eigenvalue weighted by molar-refractivity contribution is 0.152. The van der Waals surface area contributed by atoms with Crippen LogP contribution in [-0.4, -0.2) is 47.5 Å². The third-order valence-corrected chi connectivity index (χ3v) is 7.23. The number of nitrogens with zero attached hydrogens (tertiary/aromatic N) is 2. The van der Waals surface area contributed by atoms with Gasteiger partial charge in [-0.1, -0.05) is 42.4 Å². The lowest BCUT2D eigenvalue weighted by Gasteiger charge is -2.20. The molecule has 3 rings (SSSR count). The zero-order valence-corrected chi connectivity index (χ0v) is 21.0. The molecule has 0 aliphatic carbocycles. The van der Waals surface area contributed by atoms with Gasteiger partial charge in [0, 0.05) is 42.2 Å². The molecule has 2 aliphatic heterocycles. The van der Waals surface area contributed by atoms with E-state index in [2.05, 4.69) is 24.1 Å². The molecule has 0 spiro atoms. The normalized spacial score (nSPS) is 22.0. The summed E-state index contributed by atoms with van der Waals surface area (Å²) in [7, 11) is 1.72. The van der Waals surface area contributed by atoms with Gasteiger partial charge in [0.05, 0.1) is 11.3 Å². The van der Waals surface area contributed by atoms with Gasteiger partial charge in [0.15, 0.2) is 11.3 Å². The lowest BCUT2D eigenvalue weighted by atomic mass is 10.00. The maximum absolute atomic E-state index is 10.4.